The van der Waals surface area contributed by atoms with Gasteiger partial charge in [0.15, 0.2) is 0 Å². The second kappa shape index (κ2) is 11.5. The van der Waals surface area contributed by atoms with Gasteiger partial charge in [0, 0.05) is 56.1 Å². The third-order valence-electron chi connectivity index (χ3n) is 5.08. The molecule has 0 unspecified atom stereocenters. The Balaban J connectivity index is 1.35. The topological polar surface area (TPSA) is 64.7 Å². The molecule has 3 rings (SSSR count). The zero-order valence-corrected chi connectivity index (χ0v) is 18.3. The molecule has 1 saturated heterocycles. The second-order valence-corrected chi connectivity index (χ2v) is 8.58. The molecule has 0 spiro atoms. The molecule has 30 heavy (non-hydrogen) atoms. The van der Waals surface area contributed by atoms with Crippen molar-refractivity contribution in [1.82, 2.24) is 10.2 Å². The summed E-state index contributed by atoms with van der Waals surface area (Å²) in [5.74, 6) is 2.22. The van der Waals surface area contributed by atoms with Crippen LogP contribution in [-0.4, -0.2) is 61.6 Å². The first-order chi connectivity index (χ1) is 14.6. The molecule has 0 aromatic heterocycles. The highest BCUT2D eigenvalue weighted by molar-refractivity contribution is 7.99. The number of anilines is 2. The van der Waals surface area contributed by atoms with Crippen LogP contribution in [0, 0.1) is 0 Å². The van der Waals surface area contributed by atoms with Gasteiger partial charge in [-0.15, -0.1) is 0 Å². The lowest BCUT2D eigenvalue weighted by Gasteiger charge is -2.26. The Labute approximate surface area is 183 Å². The maximum atomic E-state index is 12.3. The standard InChI is InChI=1S/C23H30N4O2S/c1-26(21-6-3-2-4-7-21)13-5-12-24-23(29)25-20-10-8-19(9-11-20)18-22(28)27-14-16-30-17-15-27/h2-4,6-11H,5,12-18H2,1H3,(H2,24,25,29). The SMILES string of the molecule is CN(CCCNC(=O)Nc1ccc(CC(=O)N2CCSCC2)cc1)c1ccccc1. The van der Waals surface area contributed by atoms with Gasteiger partial charge in [0.25, 0.3) is 0 Å². The van der Waals surface area contributed by atoms with Crippen molar-refractivity contribution in [2.75, 3.05) is 54.9 Å². The molecule has 6 nitrogen and oxygen atoms in total. The number of hydrogen-bond donors (Lipinski definition) is 2. The smallest absolute Gasteiger partial charge is 0.319 e. The van der Waals surface area contributed by atoms with E-state index in [2.05, 4.69) is 27.7 Å². The summed E-state index contributed by atoms with van der Waals surface area (Å²) in [6, 6.07) is 17.5. The Kier molecular flexibility index (Phi) is 8.44. The van der Waals surface area contributed by atoms with Crippen LogP contribution in [0.15, 0.2) is 54.6 Å². The molecule has 0 saturated carbocycles. The number of hydrogen-bond acceptors (Lipinski definition) is 4. The summed E-state index contributed by atoms with van der Waals surface area (Å²) in [5.41, 5.74) is 2.85. The second-order valence-electron chi connectivity index (χ2n) is 7.36. The monoisotopic (exact) mass is 426 g/mol. The lowest BCUT2D eigenvalue weighted by atomic mass is 10.1. The molecule has 2 aromatic rings. The number of carbonyl (C=O) groups is 2. The van der Waals surface area contributed by atoms with Crippen molar-refractivity contribution in [3.05, 3.63) is 60.2 Å². The van der Waals surface area contributed by atoms with Crippen LogP contribution in [-0.2, 0) is 11.2 Å². The van der Waals surface area contributed by atoms with Gasteiger partial charge < -0.3 is 20.4 Å². The molecular formula is C23H30N4O2S. The van der Waals surface area contributed by atoms with Gasteiger partial charge in [-0.2, -0.15) is 11.8 Å². The van der Waals surface area contributed by atoms with E-state index in [9.17, 15) is 9.59 Å². The minimum atomic E-state index is -0.216. The molecule has 1 heterocycles. The maximum Gasteiger partial charge on any atom is 0.319 e. The lowest BCUT2D eigenvalue weighted by molar-refractivity contribution is -0.130. The molecule has 0 aliphatic carbocycles. The fraction of sp³-hybridized carbons (Fsp3) is 0.391. The maximum absolute atomic E-state index is 12.3. The molecule has 1 aliphatic rings. The number of thioether (sulfide) groups is 1. The average Bonchev–Trinajstić information content (AvgIpc) is 2.79. The highest BCUT2D eigenvalue weighted by Crippen LogP contribution is 2.14. The molecule has 1 aliphatic heterocycles. The molecule has 2 aromatic carbocycles. The van der Waals surface area contributed by atoms with Crippen molar-refractivity contribution in [1.29, 1.82) is 0 Å². The summed E-state index contributed by atoms with van der Waals surface area (Å²) in [6.45, 7) is 3.14. The Morgan fingerprint density at radius 2 is 1.73 bits per heavy atom. The zero-order chi connectivity index (χ0) is 21.2. The quantitative estimate of drug-likeness (QED) is 0.635. The van der Waals surface area contributed by atoms with E-state index >= 15 is 0 Å². The Bertz CT molecular complexity index is 808. The summed E-state index contributed by atoms with van der Waals surface area (Å²) >= 11 is 1.89. The van der Waals surface area contributed by atoms with Crippen molar-refractivity contribution in [2.24, 2.45) is 0 Å². The van der Waals surface area contributed by atoms with E-state index in [0.29, 0.717) is 13.0 Å². The van der Waals surface area contributed by atoms with E-state index < -0.39 is 0 Å². The molecular weight excluding hydrogens is 396 g/mol. The van der Waals surface area contributed by atoms with Crippen LogP contribution >= 0.6 is 11.8 Å². The highest BCUT2D eigenvalue weighted by atomic mass is 32.2. The Morgan fingerprint density at radius 3 is 2.43 bits per heavy atom. The summed E-state index contributed by atoms with van der Waals surface area (Å²) in [7, 11) is 2.05. The van der Waals surface area contributed by atoms with Crippen LogP contribution in [0.25, 0.3) is 0 Å². The van der Waals surface area contributed by atoms with E-state index in [-0.39, 0.29) is 11.9 Å². The zero-order valence-electron chi connectivity index (χ0n) is 17.5. The van der Waals surface area contributed by atoms with Crippen LogP contribution < -0.4 is 15.5 Å². The first-order valence-corrected chi connectivity index (χ1v) is 11.5. The third-order valence-corrected chi connectivity index (χ3v) is 6.03. The molecule has 2 N–H and O–H groups in total. The normalized spacial score (nSPS) is 13.6. The van der Waals surface area contributed by atoms with Gasteiger partial charge in [-0.3, -0.25) is 4.79 Å². The van der Waals surface area contributed by atoms with Crippen LogP contribution in [0.1, 0.15) is 12.0 Å². The van der Waals surface area contributed by atoms with E-state index in [4.69, 9.17) is 0 Å². The van der Waals surface area contributed by atoms with E-state index in [1.165, 1.54) is 5.69 Å². The van der Waals surface area contributed by atoms with Gasteiger partial charge in [-0.1, -0.05) is 30.3 Å². The van der Waals surface area contributed by atoms with Gasteiger partial charge in [-0.25, -0.2) is 4.79 Å². The molecule has 1 fully saturated rings. The first-order valence-electron chi connectivity index (χ1n) is 10.4. The molecule has 0 radical (unpaired) electrons. The van der Waals surface area contributed by atoms with Crippen LogP contribution in [0.5, 0.6) is 0 Å². The number of benzene rings is 2. The number of para-hydroxylation sites is 1. The predicted molar refractivity (Wildman–Crippen MR) is 125 cm³/mol. The lowest BCUT2D eigenvalue weighted by Crippen LogP contribution is -2.38. The number of amides is 3. The van der Waals surface area contributed by atoms with Crippen molar-refractivity contribution in [3.8, 4) is 0 Å². The van der Waals surface area contributed by atoms with Crippen molar-refractivity contribution >= 4 is 35.1 Å². The molecule has 0 atom stereocenters. The summed E-state index contributed by atoms with van der Waals surface area (Å²) in [6.07, 6.45) is 1.26. The minimum absolute atomic E-state index is 0.175. The summed E-state index contributed by atoms with van der Waals surface area (Å²) in [5, 5.41) is 5.73. The molecule has 7 heteroatoms. The van der Waals surface area contributed by atoms with Crippen molar-refractivity contribution in [3.63, 3.8) is 0 Å². The minimum Gasteiger partial charge on any atom is -0.375 e. The highest BCUT2D eigenvalue weighted by Gasteiger charge is 2.16. The van der Waals surface area contributed by atoms with Crippen molar-refractivity contribution in [2.45, 2.75) is 12.8 Å². The number of nitrogens with one attached hydrogen (secondary N) is 2. The van der Waals surface area contributed by atoms with Crippen LogP contribution in [0.2, 0.25) is 0 Å². The largest absolute Gasteiger partial charge is 0.375 e. The van der Waals surface area contributed by atoms with E-state index in [1.54, 1.807) is 0 Å². The number of urea groups is 1. The number of rotatable bonds is 8. The summed E-state index contributed by atoms with van der Waals surface area (Å²) in [4.78, 5) is 28.6. The van der Waals surface area contributed by atoms with Gasteiger partial charge >= 0.3 is 6.03 Å². The van der Waals surface area contributed by atoms with Crippen LogP contribution in [0.3, 0.4) is 0 Å². The van der Waals surface area contributed by atoms with E-state index in [1.807, 2.05) is 66.2 Å². The van der Waals surface area contributed by atoms with Crippen LogP contribution in [0.4, 0.5) is 16.2 Å². The van der Waals surface area contributed by atoms with E-state index in [0.717, 1.165) is 48.8 Å². The molecule has 3 amide bonds. The van der Waals surface area contributed by atoms with Gasteiger partial charge in [0.05, 0.1) is 6.42 Å². The van der Waals surface area contributed by atoms with Gasteiger partial charge in [0.2, 0.25) is 5.91 Å². The molecule has 0 bridgehead atoms. The Hall–Kier alpha value is -2.67. The fourth-order valence-electron chi connectivity index (χ4n) is 3.31. The Morgan fingerprint density at radius 1 is 1.03 bits per heavy atom. The fourth-order valence-corrected chi connectivity index (χ4v) is 4.21. The third kappa shape index (κ3) is 6.99. The average molecular weight is 427 g/mol. The number of carbonyl (C=O) groups excluding carboxylic acids is 2. The summed E-state index contributed by atoms with van der Waals surface area (Å²) < 4.78 is 0. The number of nitrogens with zero attached hydrogens (tertiary/aromatic N) is 2. The predicted octanol–water partition coefficient (Wildman–Crippen LogP) is 3.45. The van der Waals surface area contributed by atoms with Gasteiger partial charge in [0.1, 0.15) is 0 Å². The van der Waals surface area contributed by atoms with Gasteiger partial charge in [-0.05, 0) is 36.2 Å². The molecule has 160 valence electrons. The van der Waals surface area contributed by atoms with Crippen molar-refractivity contribution < 1.29 is 9.59 Å². The first kappa shape index (κ1) is 22.0.